The van der Waals surface area contributed by atoms with Crippen LogP contribution in [0.5, 0.6) is 0 Å². The molecule has 200 valence electrons. The summed E-state index contributed by atoms with van der Waals surface area (Å²) in [6.07, 6.45) is 7.15. The molecular weight excluding hydrogens is 482 g/mol. The number of amides is 3. The van der Waals surface area contributed by atoms with Gasteiger partial charge in [-0.3, -0.25) is 14.4 Å². The number of nitrogens with one attached hydrogen (secondary N) is 3. The molecule has 2 aromatic carbocycles. The summed E-state index contributed by atoms with van der Waals surface area (Å²) in [7, 11) is 0. The average Bonchev–Trinajstić information content (AvgIpc) is 3.47. The molecule has 0 bridgehead atoms. The Labute approximate surface area is 222 Å². The lowest BCUT2D eigenvalue weighted by Gasteiger charge is -2.31. The van der Waals surface area contributed by atoms with Crippen LogP contribution in [0.25, 0.3) is 11.1 Å². The first-order valence-electron chi connectivity index (χ1n) is 13.7. The third-order valence-corrected chi connectivity index (χ3v) is 8.36. The molecule has 3 atom stereocenters. The van der Waals surface area contributed by atoms with Crippen LogP contribution >= 0.6 is 0 Å². The van der Waals surface area contributed by atoms with E-state index in [1.165, 1.54) is 0 Å². The molecule has 0 aromatic heterocycles. The summed E-state index contributed by atoms with van der Waals surface area (Å²) in [6, 6.07) is 12.8. The predicted molar refractivity (Wildman–Crippen MR) is 142 cm³/mol. The standard InChI is InChI=1S/C30H35N3O5/c34-18-21(17-20-14-15-31-27(20)35)32-28(36)26(16-19-8-2-1-3-9-19)33-29(37)30(38)24-12-6-4-10-22(24)23-11-5-7-13-25(23)30/h4-7,10-13,18-21,26,38H,1-3,8-9,14-17H2,(H,31,35)(H,32,36)(H,33,37). The van der Waals surface area contributed by atoms with E-state index in [-0.39, 0.29) is 24.2 Å². The quantitative estimate of drug-likeness (QED) is 0.381. The lowest BCUT2D eigenvalue weighted by atomic mass is 9.84. The first-order valence-corrected chi connectivity index (χ1v) is 13.7. The molecule has 5 rings (SSSR count). The minimum absolute atomic E-state index is 0.112. The number of hydrogen-bond acceptors (Lipinski definition) is 5. The molecule has 2 fully saturated rings. The van der Waals surface area contributed by atoms with Gasteiger partial charge < -0.3 is 25.9 Å². The van der Waals surface area contributed by atoms with Gasteiger partial charge in [0.15, 0.2) is 5.60 Å². The Kier molecular flexibility index (Phi) is 7.61. The van der Waals surface area contributed by atoms with Crippen molar-refractivity contribution in [2.24, 2.45) is 11.8 Å². The number of rotatable bonds is 9. The monoisotopic (exact) mass is 517 g/mol. The van der Waals surface area contributed by atoms with Crippen LogP contribution in [0.4, 0.5) is 0 Å². The molecule has 8 nitrogen and oxygen atoms in total. The van der Waals surface area contributed by atoms with Crippen LogP contribution in [-0.2, 0) is 24.8 Å². The van der Waals surface area contributed by atoms with E-state index in [0.717, 1.165) is 43.2 Å². The van der Waals surface area contributed by atoms with Crippen molar-refractivity contribution in [1.29, 1.82) is 0 Å². The van der Waals surface area contributed by atoms with Crippen LogP contribution in [0.15, 0.2) is 48.5 Å². The molecule has 1 heterocycles. The average molecular weight is 518 g/mol. The van der Waals surface area contributed by atoms with Crippen molar-refractivity contribution in [2.75, 3.05) is 6.54 Å². The highest BCUT2D eigenvalue weighted by Crippen LogP contribution is 2.47. The Morgan fingerprint density at radius 2 is 1.58 bits per heavy atom. The van der Waals surface area contributed by atoms with Crippen molar-refractivity contribution in [3.8, 4) is 11.1 Å². The van der Waals surface area contributed by atoms with Crippen LogP contribution in [0.2, 0.25) is 0 Å². The Hall–Kier alpha value is -3.52. The molecule has 3 aliphatic rings. The molecule has 2 aliphatic carbocycles. The number of hydrogen-bond donors (Lipinski definition) is 4. The van der Waals surface area contributed by atoms with Gasteiger partial charge in [-0.15, -0.1) is 0 Å². The maximum absolute atomic E-state index is 13.9. The number of carbonyl (C=O) groups is 4. The highest BCUT2D eigenvalue weighted by Gasteiger charge is 2.48. The summed E-state index contributed by atoms with van der Waals surface area (Å²) in [5.41, 5.74) is 0.585. The van der Waals surface area contributed by atoms with Crippen molar-refractivity contribution in [2.45, 2.75) is 69.1 Å². The minimum Gasteiger partial charge on any atom is -0.372 e. The smallest absolute Gasteiger partial charge is 0.262 e. The van der Waals surface area contributed by atoms with Gasteiger partial charge in [-0.25, -0.2) is 0 Å². The van der Waals surface area contributed by atoms with E-state index in [1.54, 1.807) is 24.3 Å². The van der Waals surface area contributed by atoms with Gasteiger partial charge in [-0.1, -0.05) is 80.6 Å². The lowest BCUT2D eigenvalue weighted by Crippen LogP contribution is -2.55. The van der Waals surface area contributed by atoms with Gasteiger partial charge in [-0.05, 0) is 36.3 Å². The predicted octanol–water partition coefficient (Wildman–Crippen LogP) is 2.57. The Bertz CT molecular complexity index is 1180. The van der Waals surface area contributed by atoms with Crippen LogP contribution in [0.3, 0.4) is 0 Å². The summed E-state index contributed by atoms with van der Waals surface area (Å²) >= 11 is 0. The van der Waals surface area contributed by atoms with Gasteiger partial charge in [0.05, 0.1) is 6.04 Å². The highest BCUT2D eigenvalue weighted by atomic mass is 16.3. The second-order valence-electron chi connectivity index (χ2n) is 10.8. The molecule has 1 saturated carbocycles. The molecule has 0 radical (unpaired) electrons. The summed E-state index contributed by atoms with van der Waals surface area (Å²) in [5, 5.41) is 20.3. The lowest BCUT2D eigenvalue weighted by molar-refractivity contribution is -0.140. The molecule has 1 aliphatic heterocycles. The van der Waals surface area contributed by atoms with Crippen molar-refractivity contribution in [3.05, 3.63) is 59.7 Å². The minimum atomic E-state index is -1.94. The van der Waals surface area contributed by atoms with Crippen molar-refractivity contribution >= 4 is 24.0 Å². The Morgan fingerprint density at radius 1 is 0.947 bits per heavy atom. The van der Waals surface area contributed by atoms with Gasteiger partial charge in [0.2, 0.25) is 11.8 Å². The Morgan fingerprint density at radius 3 is 2.16 bits per heavy atom. The summed E-state index contributed by atoms with van der Waals surface area (Å²) < 4.78 is 0. The fraction of sp³-hybridized carbons (Fsp3) is 0.467. The SMILES string of the molecule is O=CC(CC1CCNC1=O)NC(=O)C(CC1CCCCC1)NC(=O)C1(O)c2ccccc2-c2ccccc21. The van der Waals surface area contributed by atoms with E-state index < -0.39 is 29.5 Å². The first kappa shape index (κ1) is 26.1. The molecule has 3 amide bonds. The topological polar surface area (TPSA) is 125 Å². The van der Waals surface area contributed by atoms with E-state index in [9.17, 15) is 24.3 Å². The van der Waals surface area contributed by atoms with Crippen LogP contribution in [0.1, 0.15) is 62.5 Å². The Balaban J connectivity index is 1.38. The molecule has 4 N–H and O–H groups in total. The third-order valence-electron chi connectivity index (χ3n) is 8.36. The zero-order valence-electron chi connectivity index (χ0n) is 21.4. The van der Waals surface area contributed by atoms with Gasteiger partial charge in [0.1, 0.15) is 12.3 Å². The molecule has 3 unspecified atom stereocenters. The number of aliphatic hydroxyl groups is 1. The molecular formula is C30H35N3O5. The van der Waals surface area contributed by atoms with Crippen LogP contribution in [0, 0.1) is 11.8 Å². The van der Waals surface area contributed by atoms with Crippen molar-refractivity contribution < 1.29 is 24.3 Å². The number of benzene rings is 2. The summed E-state index contributed by atoms with van der Waals surface area (Å²) in [5.74, 6) is -1.32. The molecule has 2 aromatic rings. The first-order chi connectivity index (χ1) is 18.4. The number of aldehydes is 1. The van der Waals surface area contributed by atoms with Gasteiger partial charge in [0, 0.05) is 23.6 Å². The third kappa shape index (κ3) is 4.97. The molecule has 0 spiro atoms. The van der Waals surface area contributed by atoms with E-state index in [1.807, 2.05) is 24.3 Å². The van der Waals surface area contributed by atoms with E-state index in [4.69, 9.17) is 0 Å². The fourth-order valence-electron chi connectivity index (χ4n) is 6.32. The fourth-order valence-corrected chi connectivity index (χ4v) is 6.32. The van der Waals surface area contributed by atoms with Crippen molar-refractivity contribution in [3.63, 3.8) is 0 Å². The second-order valence-corrected chi connectivity index (χ2v) is 10.8. The number of fused-ring (bicyclic) bond motifs is 3. The largest absolute Gasteiger partial charge is 0.372 e. The zero-order chi connectivity index (χ0) is 26.7. The van der Waals surface area contributed by atoms with E-state index in [0.29, 0.717) is 36.8 Å². The molecule has 1 saturated heterocycles. The van der Waals surface area contributed by atoms with Gasteiger partial charge in [0.25, 0.3) is 5.91 Å². The van der Waals surface area contributed by atoms with Gasteiger partial charge in [-0.2, -0.15) is 0 Å². The number of carbonyl (C=O) groups excluding carboxylic acids is 4. The summed E-state index contributed by atoms with van der Waals surface area (Å²) in [4.78, 5) is 51.2. The van der Waals surface area contributed by atoms with Crippen LogP contribution in [-0.4, -0.2) is 47.7 Å². The zero-order valence-corrected chi connectivity index (χ0v) is 21.4. The normalized spacial score (nSPS) is 21.5. The van der Waals surface area contributed by atoms with E-state index >= 15 is 0 Å². The van der Waals surface area contributed by atoms with Crippen molar-refractivity contribution in [1.82, 2.24) is 16.0 Å². The van der Waals surface area contributed by atoms with Gasteiger partial charge >= 0.3 is 0 Å². The summed E-state index contributed by atoms with van der Waals surface area (Å²) in [6.45, 7) is 0.560. The molecule has 38 heavy (non-hydrogen) atoms. The molecule has 8 heteroatoms. The maximum atomic E-state index is 13.9. The second kappa shape index (κ2) is 11.1. The maximum Gasteiger partial charge on any atom is 0.262 e. The van der Waals surface area contributed by atoms with E-state index in [2.05, 4.69) is 16.0 Å². The highest BCUT2D eigenvalue weighted by molar-refractivity contribution is 6.00. The van der Waals surface area contributed by atoms with Crippen LogP contribution < -0.4 is 16.0 Å².